The van der Waals surface area contributed by atoms with E-state index in [-0.39, 0.29) is 5.69 Å². The smallest absolute Gasteiger partial charge is 0.328 e. The summed E-state index contributed by atoms with van der Waals surface area (Å²) in [7, 11) is 0. The summed E-state index contributed by atoms with van der Waals surface area (Å²) in [5.74, 6) is -0.905. The van der Waals surface area contributed by atoms with Crippen molar-refractivity contribution in [3.8, 4) is 0 Å². The number of aromatic nitrogens is 2. The first kappa shape index (κ1) is 12.4. The van der Waals surface area contributed by atoms with Crippen LogP contribution in [0.4, 0.5) is 0 Å². The fourth-order valence-electron chi connectivity index (χ4n) is 1.63. The largest absolute Gasteiger partial charge is 0.480 e. The van der Waals surface area contributed by atoms with Crippen molar-refractivity contribution in [3.63, 3.8) is 0 Å². The minimum Gasteiger partial charge on any atom is -0.480 e. The van der Waals surface area contributed by atoms with Crippen LogP contribution >= 0.6 is 0 Å². The second kappa shape index (κ2) is 5.44. The lowest BCUT2D eigenvalue weighted by Gasteiger charge is -2.14. The number of carbonyl (C=O) groups is 2. The average molecular weight is 224 g/mol. The number of aryl methyl sites for hydroxylation is 1. The van der Waals surface area contributed by atoms with Crippen LogP contribution in [0, 0.1) is 6.92 Å². The number of carboxylic acids is 1. The van der Waals surface area contributed by atoms with Crippen LogP contribution in [0.5, 0.6) is 0 Å². The molecule has 0 aliphatic heterocycles. The summed E-state index contributed by atoms with van der Waals surface area (Å²) in [4.78, 5) is 21.7. The van der Waals surface area contributed by atoms with Gasteiger partial charge in [0.25, 0.3) is 0 Å². The third-order valence-corrected chi connectivity index (χ3v) is 2.47. The van der Waals surface area contributed by atoms with Crippen LogP contribution in [0.2, 0.25) is 0 Å². The van der Waals surface area contributed by atoms with Crippen LogP contribution in [0.15, 0.2) is 6.07 Å². The van der Waals surface area contributed by atoms with E-state index < -0.39 is 12.0 Å². The SMILES string of the molecule is CCCCC(C(=O)O)n1nc(C=O)cc1C. The maximum atomic E-state index is 11.1. The normalized spacial score (nSPS) is 12.4. The highest BCUT2D eigenvalue weighted by molar-refractivity contribution is 5.74. The van der Waals surface area contributed by atoms with E-state index in [1.807, 2.05) is 6.92 Å². The number of rotatable bonds is 6. The molecule has 1 aromatic rings. The van der Waals surface area contributed by atoms with Crippen molar-refractivity contribution in [2.75, 3.05) is 0 Å². The standard InChI is InChI=1S/C11H16N2O3/c1-3-4-5-10(11(15)16)13-8(2)6-9(7-14)12-13/h6-7,10H,3-5H2,1-2H3,(H,15,16). The molecule has 0 saturated heterocycles. The summed E-state index contributed by atoms with van der Waals surface area (Å²) in [6.07, 6.45) is 2.92. The van der Waals surface area contributed by atoms with Crippen molar-refractivity contribution in [1.29, 1.82) is 0 Å². The predicted octanol–water partition coefficient (Wildman–Crippen LogP) is 1.82. The molecule has 0 spiro atoms. The monoisotopic (exact) mass is 224 g/mol. The summed E-state index contributed by atoms with van der Waals surface area (Å²) in [5.41, 5.74) is 0.978. The molecule has 0 aliphatic rings. The Balaban J connectivity index is 2.95. The molecular weight excluding hydrogens is 208 g/mol. The van der Waals surface area contributed by atoms with Gasteiger partial charge in [0.15, 0.2) is 6.29 Å². The third-order valence-electron chi connectivity index (χ3n) is 2.47. The van der Waals surface area contributed by atoms with E-state index >= 15 is 0 Å². The minimum atomic E-state index is -0.905. The van der Waals surface area contributed by atoms with Gasteiger partial charge in [-0.25, -0.2) is 4.79 Å². The Morgan fingerprint density at radius 1 is 1.69 bits per heavy atom. The molecule has 5 nitrogen and oxygen atoms in total. The predicted molar refractivity (Wildman–Crippen MR) is 58.5 cm³/mol. The lowest BCUT2D eigenvalue weighted by Crippen LogP contribution is -2.21. The van der Waals surface area contributed by atoms with Gasteiger partial charge in [-0.05, 0) is 19.4 Å². The molecule has 5 heteroatoms. The fourth-order valence-corrected chi connectivity index (χ4v) is 1.63. The van der Waals surface area contributed by atoms with Gasteiger partial charge in [-0.3, -0.25) is 9.48 Å². The molecule has 1 atom stereocenters. The molecule has 0 aliphatic carbocycles. The summed E-state index contributed by atoms with van der Waals surface area (Å²) in [6.45, 7) is 3.76. The second-order valence-electron chi connectivity index (χ2n) is 3.77. The Kier molecular flexibility index (Phi) is 4.22. The van der Waals surface area contributed by atoms with Crippen molar-refractivity contribution in [3.05, 3.63) is 17.5 Å². The number of carboxylic acid groups (broad SMARTS) is 1. The number of carbonyl (C=O) groups excluding carboxylic acids is 1. The topological polar surface area (TPSA) is 72.2 Å². The second-order valence-corrected chi connectivity index (χ2v) is 3.77. The van der Waals surface area contributed by atoms with E-state index in [4.69, 9.17) is 5.11 Å². The lowest BCUT2D eigenvalue weighted by atomic mass is 10.1. The van der Waals surface area contributed by atoms with E-state index in [0.717, 1.165) is 12.8 Å². The van der Waals surface area contributed by atoms with Gasteiger partial charge in [-0.2, -0.15) is 5.10 Å². The molecular formula is C11H16N2O3. The fraction of sp³-hybridized carbons (Fsp3) is 0.545. The first-order chi connectivity index (χ1) is 7.60. The summed E-state index contributed by atoms with van der Waals surface area (Å²) in [6, 6.07) is 0.920. The number of aliphatic carboxylic acids is 1. The highest BCUT2D eigenvalue weighted by Crippen LogP contribution is 2.17. The minimum absolute atomic E-state index is 0.278. The van der Waals surface area contributed by atoms with Crippen molar-refractivity contribution in [2.24, 2.45) is 0 Å². The van der Waals surface area contributed by atoms with Crippen molar-refractivity contribution in [2.45, 2.75) is 39.2 Å². The van der Waals surface area contributed by atoms with E-state index in [1.165, 1.54) is 4.68 Å². The van der Waals surface area contributed by atoms with Crippen LogP contribution in [-0.4, -0.2) is 27.1 Å². The molecule has 1 unspecified atom stereocenters. The zero-order chi connectivity index (χ0) is 12.1. The van der Waals surface area contributed by atoms with Crippen LogP contribution in [-0.2, 0) is 4.79 Å². The van der Waals surface area contributed by atoms with Crippen molar-refractivity contribution in [1.82, 2.24) is 9.78 Å². The van der Waals surface area contributed by atoms with Gasteiger partial charge in [0, 0.05) is 5.69 Å². The molecule has 88 valence electrons. The average Bonchev–Trinajstić information content (AvgIpc) is 2.60. The molecule has 0 aromatic carbocycles. The summed E-state index contributed by atoms with van der Waals surface area (Å²) >= 11 is 0. The molecule has 0 saturated carbocycles. The van der Waals surface area contributed by atoms with Crippen LogP contribution < -0.4 is 0 Å². The van der Waals surface area contributed by atoms with E-state index in [0.29, 0.717) is 18.4 Å². The molecule has 1 N–H and O–H groups in total. The molecule has 1 heterocycles. The number of aldehydes is 1. The van der Waals surface area contributed by atoms with Crippen LogP contribution in [0.3, 0.4) is 0 Å². The maximum Gasteiger partial charge on any atom is 0.328 e. The van der Waals surface area contributed by atoms with Crippen molar-refractivity contribution >= 4 is 12.3 Å². The Bertz CT molecular complexity index is 385. The van der Waals surface area contributed by atoms with Gasteiger partial charge in [0.05, 0.1) is 0 Å². The number of unbranched alkanes of at least 4 members (excludes halogenated alkanes) is 1. The van der Waals surface area contributed by atoms with E-state index in [1.54, 1.807) is 13.0 Å². The summed E-state index contributed by atoms with van der Waals surface area (Å²) in [5, 5.41) is 13.1. The number of nitrogens with zero attached hydrogens (tertiary/aromatic N) is 2. The Morgan fingerprint density at radius 3 is 2.81 bits per heavy atom. The highest BCUT2D eigenvalue weighted by atomic mass is 16.4. The molecule has 0 bridgehead atoms. The first-order valence-corrected chi connectivity index (χ1v) is 5.34. The Hall–Kier alpha value is -1.65. The zero-order valence-electron chi connectivity index (χ0n) is 9.51. The van der Waals surface area contributed by atoms with E-state index in [9.17, 15) is 9.59 Å². The number of hydrogen-bond donors (Lipinski definition) is 1. The van der Waals surface area contributed by atoms with Gasteiger partial charge in [-0.1, -0.05) is 19.8 Å². The molecule has 1 aromatic heterocycles. The quantitative estimate of drug-likeness (QED) is 0.748. The zero-order valence-corrected chi connectivity index (χ0v) is 9.51. The Morgan fingerprint density at radius 2 is 2.38 bits per heavy atom. The van der Waals surface area contributed by atoms with Gasteiger partial charge in [0.2, 0.25) is 0 Å². The van der Waals surface area contributed by atoms with Gasteiger partial charge >= 0.3 is 5.97 Å². The molecule has 0 radical (unpaired) electrons. The van der Waals surface area contributed by atoms with Crippen molar-refractivity contribution < 1.29 is 14.7 Å². The molecule has 1 rings (SSSR count). The molecule has 16 heavy (non-hydrogen) atoms. The third kappa shape index (κ3) is 2.68. The van der Waals surface area contributed by atoms with Gasteiger partial charge < -0.3 is 5.11 Å². The molecule has 0 fully saturated rings. The lowest BCUT2D eigenvalue weighted by molar-refractivity contribution is -0.141. The van der Waals surface area contributed by atoms with Gasteiger partial charge in [-0.15, -0.1) is 0 Å². The maximum absolute atomic E-state index is 11.1. The highest BCUT2D eigenvalue weighted by Gasteiger charge is 2.21. The van der Waals surface area contributed by atoms with Gasteiger partial charge in [0.1, 0.15) is 11.7 Å². The molecule has 0 amide bonds. The Labute approximate surface area is 94.1 Å². The van der Waals surface area contributed by atoms with E-state index in [2.05, 4.69) is 5.10 Å². The number of hydrogen-bond acceptors (Lipinski definition) is 3. The first-order valence-electron chi connectivity index (χ1n) is 5.34. The van der Waals surface area contributed by atoms with Crippen LogP contribution in [0.25, 0.3) is 0 Å². The summed E-state index contributed by atoms with van der Waals surface area (Å²) < 4.78 is 1.42. The van der Waals surface area contributed by atoms with Crippen LogP contribution in [0.1, 0.15) is 48.4 Å².